The van der Waals surface area contributed by atoms with E-state index in [2.05, 4.69) is 4.98 Å². The molecule has 1 heterocycles. The van der Waals surface area contributed by atoms with E-state index in [0.717, 1.165) is 0 Å². The summed E-state index contributed by atoms with van der Waals surface area (Å²) in [6.07, 6.45) is 1.23. The fourth-order valence-electron chi connectivity index (χ4n) is 0.799. The molecule has 1 amide bonds. The summed E-state index contributed by atoms with van der Waals surface area (Å²) < 4.78 is 20.5. The summed E-state index contributed by atoms with van der Waals surface area (Å²) in [5, 5.41) is 10.7. The standard InChI is InChI=1S/C8H8N2O3/c1-5(11)10-6-3-2-4-9-7(6)8(12)13/h2-4H,1H3,(H,10,11)(H,12,13)/i1D3. The molecule has 0 saturated carbocycles. The quantitative estimate of drug-likeness (QED) is 0.708. The zero-order chi connectivity index (χ0) is 12.3. The van der Waals surface area contributed by atoms with Gasteiger partial charge in [-0.05, 0) is 12.1 Å². The van der Waals surface area contributed by atoms with Crippen LogP contribution in [0.2, 0.25) is 0 Å². The Hall–Kier alpha value is -1.91. The van der Waals surface area contributed by atoms with Crippen molar-refractivity contribution in [2.45, 2.75) is 6.85 Å². The first-order chi connectivity index (χ1) is 7.32. The van der Waals surface area contributed by atoms with Crippen molar-refractivity contribution in [2.24, 2.45) is 0 Å². The molecule has 5 nitrogen and oxygen atoms in total. The van der Waals surface area contributed by atoms with Gasteiger partial charge in [0.2, 0.25) is 5.91 Å². The topological polar surface area (TPSA) is 79.3 Å². The van der Waals surface area contributed by atoms with Gasteiger partial charge in [0.1, 0.15) is 0 Å². The lowest BCUT2D eigenvalue weighted by Crippen LogP contribution is -2.11. The van der Waals surface area contributed by atoms with Gasteiger partial charge in [0.25, 0.3) is 0 Å². The Labute approximate surface area is 78.6 Å². The van der Waals surface area contributed by atoms with Gasteiger partial charge in [0, 0.05) is 17.2 Å². The summed E-state index contributed by atoms with van der Waals surface area (Å²) in [7, 11) is 0. The van der Waals surface area contributed by atoms with Gasteiger partial charge in [-0.1, -0.05) is 0 Å². The minimum Gasteiger partial charge on any atom is -0.476 e. The molecule has 0 aromatic carbocycles. The monoisotopic (exact) mass is 183 g/mol. The van der Waals surface area contributed by atoms with E-state index >= 15 is 0 Å². The number of carboxylic acid groups (broad SMARTS) is 1. The number of amides is 1. The van der Waals surface area contributed by atoms with Crippen LogP contribution in [0.5, 0.6) is 0 Å². The molecule has 5 heteroatoms. The predicted octanol–water partition coefficient (Wildman–Crippen LogP) is 0.738. The SMILES string of the molecule is [2H]C([2H])([2H])C(=O)Nc1cccnc1C(=O)O. The van der Waals surface area contributed by atoms with Gasteiger partial charge in [-0.15, -0.1) is 0 Å². The van der Waals surface area contributed by atoms with Crippen LogP contribution in [0.1, 0.15) is 21.5 Å². The normalized spacial score (nSPS) is 13.7. The molecule has 0 aliphatic heterocycles. The number of carbonyl (C=O) groups is 2. The van der Waals surface area contributed by atoms with Crippen LogP contribution in [0.4, 0.5) is 5.69 Å². The lowest BCUT2D eigenvalue weighted by Gasteiger charge is -2.03. The molecule has 0 bridgehead atoms. The van der Waals surface area contributed by atoms with Crippen molar-refractivity contribution in [3.8, 4) is 0 Å². The zero-order valence-electron chi connectivity index (χ0n) is 9.44. The molecule has 0 saturated heterocycles. The molecule has 13 heavy (non-hydrogen) atoms. The van der Waals surface area contributed by atoms with Crippen molar-refractivity contribution in [1.82, 2.24) is 4.98 Å². The Kier molecular flexibility index (Phi) is 1.60. The lowest BCUT2D eigenvalue weighted by molar-refractivity contribution is -0.114. The second kappa shape index (κ2) is 3.66. The maximum absolute atomic E-state index is 11.1. The highest BCUT2D eigenvalue weighted by Gasteiger charge is 2.10. The van der Waals surface area contributed by atoms with Crippen LogP contribution in [-0.4, -0.2) is 22.0 Å². The third-order valence-electron chi connectivity index (χ3n) is 1.26. The van der Waals surface area contributed by atoms with E-state index in [1.165, 1.54) is 18.3 Å². The Morgan fingerprint density at radius 2 is 2.46 bits per heavy atom. The number of rotatable bonds is 2. The number of carbonyl (C=O) groups excluding carboxylic acids is 1. The highest BCUT2D eigenvalue weighted by Crippen LogP contribution is 2.11. The molecular formula is C8H8N2O3. The second-order valence-electron chi connectivity index (χ2n) is 2.16. The van der Waals surface area contributed by atoms with Gasteiger partial charge in [0.15, 0.2) is 5.69 Å². The average molecular weight is 183 g/mol. The third kappa shape index (κ3) is 2.26. The van der Waals surface area contributed by atoms with Crippen LogP contribution in [0.15, 0.2) is 18.3 Å². The maximum atomic E-state index is 11.1. The number of hydrogen-bond acceptors (Lipinski definition) is 3. The molecular weight excluding hydrogens is 172 g/mol. The lowest BCUT2D eigenvalue weighted by atomic mass is 10.3. The molecule has 2 N–H and O–H groups in total. The van der Waals surface area contributed by atoms with Gasteiger partial charge < -0.3 is 10.4 Å². The second-order valence-corrected chi connectivity index (χ2v) is 2.16. The van der Waals surface area contributed by atoms with Crippen LogP contribution >= 0.6 is 0 Å². The fourth-order valence-corrected chi connectivity index (χ4v) is 0.799. The van der Waals surface area contributed by atoms with E-state index in [9.17, 15) is 9.59 Å². The van der Waals surface area contributed by atoms with Crippen LogP contribution < -0.4 is 5.32 Å². The smallest absolute Gasteiger partial charge is 0.356 e. The van der Waals surface area contributed by atoms with Gasteiger partial charge in [-0.25, -0.2) is 9.78 Å². The molecule has 0 fully saturated rings. The van der Waals surface area contributed by atoms with Crippen LogP contribution in [0.3, 0.4) is 0 Å². The summed E-state index contributed by atoms with van der Waals surface area (Å²) in [6, 6.07) is 2.65. The molecule has 68 valence electrons. The van der Waals surface area contributed by atoms with Gasteiger partial charge in [-0.2, -0.15) is 0 Å². The number of nitrogens with zero attached hydrogens (tertiary/aromatic N) is 1. The molecule has 1 aromatic rings. The highest BCUT2D eigenvalue weighted by atomic mass is 16.4. The number of pyridine rings is 1. The number of aromatic carboxylic acids is 1. The molecule has 1 aromatic heterocycles. The van der Waals surface area contributed by atoms with Crippen LogP contribution in [0.25, 0.3) is 0 Å². The molecule has 0 aliphatic carbocycles. The van der Waals surface area contributed by atoms with Crippen molar-refractivity contribution in [3.05, 3.63) is 24.0 Å². The third-order valence-corrected chi connectivity index (χ3v) is 1.26. The first-order valence-electron chi connectivity index (χ1n) is 4.82. The highest BCUT2D eigenvalue weighted by molar-refractivity contribution is 5.98. The Balaban J connectivity index is 2.98. The predicted molar refractivity (Wildman–Crippen MR) is 45.5 cm³/mol. The molecule has 0 unspecified atom stereocenters. The van der Waals surface area contributed by atoms with E-state index < -0.39 is 24.4 Å². The van der Waals surface area contributed by atoms with E-state index in [1.807, 2.05) is 5.32 Å². The summed E-state index contributed by atoms with van der Waals surface area (Å²) >= 11 is 0. The first-order valence-corrected chi connectivity index (χ1v) is 3.32. The number of carboxylic acids is 1. The van der Waals surface area contributed by atoms with E-state index in [4.69, 9.17) is 9.22 Å². The van der Waals surface area contributed by atoms with Gasteiger partial charge in [-0.3, -0.25) is 4.79 Å². The number of nitrogens with one attached hydrogen (secondary N) is 1. The molecule has 1 rings (SSSR count). The van der Waals surface area contributed by atoms with E-state index in [0.29, 0.717) is 0 Å². The van der Waals surface area contributed by atoms with Crippen molar-refractivity contribution in [1.29, 1.82) is 0 Å². The number of anilines is 1. The van der Waals surface area contributed by atoms with E-state index in [-0.39, 0.29) is 5.69 Å². The number of hydrogen-bond donors (Lipinski definition) is 2. The molecule has 0 atom stereocenters. The zero-order valence-corrected chi connectivity index (χ0v) is 6.44. The minimum atomic E-state index is -2.83. The van der Waals surface area contributed by atoms with Gasteiger partial charge in [0.05, 0.1) is 5.69 Å². The van der Waals surface area contributed by atoms with Crippen LogP contribution in [0, 0.1) is 0 Å². The van der Waals surface area contributed by atoms with Crippen molar-refractivity contribution >= 4 is 17.6 Å². The maximum Gasteiger partial charge on any atom is 0.356 e. The Morgan fingerprint density at radius 3 is 3.08 bits per heavy atom. The van der Waals surface area contributed by atoms with Crippen molar-refractivity contribution in [3.63, 3.8) is 0 Å². The Bertz CT molecular complexity index is 431. The van der Waals surface area contributed by atoms with E-state index in [1.54, 1.807) is 0 Å². The van der Waals surface area contributed by atoms with Crippen molar-refractivity contribution < 1.29 is 18.8 Å². The Morgan fingerprint density at radius 1 is 1.69 bits per heavy atom. The molecule has 0 aliphatic rings. The summed E-state index contributed by atoms with van der Waals surface area (Å²) in [5.74, 6) is -2.59. The molecule has 0 spiro atoms. The fraction of sp³-hybridized carbons (Fsp3) is 0.125. The molecule has 0 radical (unpaired) electrons. The largest absolute Gasteiger partial charge is 0.476 e. The van der Waals surface area contributed by atoms with Crippen molar-refractivity contribution in [2.75, 3.05) is 5.32 Å². The summed E-state index contributed by atoms with van der Waals surface area (Å²) in [6.45, 7) is -2.83. The first kappa shape index (κ1) is 5.69. The number of aromatic nitrogens is 1. The van der Waals surface area contributed by atoms with Gasteiger partial charge >= 0.3 is 5.97 Å². The summed E-state index contributed by atoms with van der Waals surface area (Å²) in [5.41, 5.74) is -0.545. The van der Waals surface area contributed by atoms with Crippen LogP contribution in [-0.2, 0) is 4.79 Å². The summed E-state index contributed by atoms with van der Waals surface area (Å²) in [4.78, 5) is 25.3. The minimum absolute atomic E-state index is 0.142. The average Bonchev–Trinajstić information content (AvgIpc) is 2.16.